The molecule has 2 aromatic heterocycles. The van der Waals surface area contributed by atoms with Crippen LogP contribution in [-0.4, -0.2) is 52.6 Å². The summed E-state index contributed by atoms with van der Waals surface area (Å²) in [5.41, 5.74) is 7.91. The number of ether oxygens (including phenoxy) is 2. The van der Waals surface area contributed by atoms with E-state index in [0.717, 1.165) is 5.12 Å². The zero-order chi connectivity index (χ0) is 26.3. The SMILES string of the molecule is COC(C)C.COc1c(Nc2cc(Cl)nc3c2nc(C(F)F)n3PI)cccc1/C(N)=N/N(C)N. The molecule has 35 heavy (non-hydrogen) atoms. The van der Waals surface area contributed by atoms with Crippen LogP contribution in [0.5, 0.6) is 5.75 Å². The number of nitrogens with two attached hydrogens (primary N) is 2. The highest BCUT2D eigenvalue weighted by atomic mass is 127. The number of halogens is 4. The van der Waals surface area contributed by atoms with Crippen LogP contribution in [0.25, 0.3) is 11.2 Å². The first-order valence-electron chi connectivity index (χ1n) is 10.1. The van der Waals surface area contributed by atoms with Crippen LogP contribution in [0.4, 0.5) is 20.2 Å². The topological polar surface area (TPSA) is 129 Å². The minimum Gasteiger partial charge on any atom is -0.494 e. The first-order valence-corrected chi connectivity index (χ1v) is 14.5. The second kappa shape index (κ2) is 13.3. The monoisotopic (exact) mass is 642 g/mol. The normalized spacial score (nSPS) is 11.9. The highest BCUT2D eigenvalue weighted by molar-refractivity contribution is 14.2. The molecular weight excluding hydrogens is 616 g/mol. The number of para-hydroxylation sites is 1. The first kappa shape index (κ1) is 29.2. The molecule has 3 rings (SSSR count). The number of hydrazine groups is 1. The zero-order valence-corrected chi connectivity index (χ0v) is 23.6. The number of aromatic nitrogens is 3. The van der Waals surface area contributed by atoms with Crippen molar-refractivity contribution in [1.82, 2.24) is 19.4 Å². The summed E-state index contributed by atoms with van der Waals surface area (Å²) in [6.45, 7) is 4.00. The molecule has 0 bridgehead atoms. The maximum Gasteiger partial charge on any atom is 0.295 e. The van der Waals surface area contributed by atoms with Gasteiger partial charge in [0.15, 0.2) is 23.1 Å². The quantitative estimate of drug-likeness (QED) is 0.0594. The number of pyridine rings is 1. The molecular formula is C20H27ClF2IN8O2P. The van der Waals surface area contributed by atoms with Gasteiger partial charge in [-0.15, -0.1) is 5.10 Å². The van der Waals surface area contributed by atoms with Crippen molar-refractivity contribution >= 4 is 68.4 Å². The summed E-state index contributed by atoms with van der Waals surface area (Å²) in [5, 5.41) is 8.32. The van der Waals surface area contributed by atoms with Crippen LogP contribution in [-0.2, 0) is 4.74 Å². The van der Waals surface area contributed by atoms with Gasteiger partial charge in [0, 0.05) is 20.2 Å². The molecule has 5 N–H and O–H groups in total. The van der Waals surface area contributed by atoms with Gasteiger partial charge in [-0.25, -0.2) is 29.7 Å². The average molecular weight is 643 g/mol. The van der Waals surface area contributed by atoms with E-state index in [2.05, 4.69) is 20.4 Å². The van der Waals surface area contributed by atoms with E-state index in [-0.39, 0.29) is 34.4 Å². The number of fused-ring (bicyclic) bond motifs is 1. The van der Waals surface area contributed by atoms with Crippen molar-refractivity contribution in [2.75, 3.05) is 26.6 Å². The van der Waals surface area contributed by atoms with Crippen molar-refractivity contribution < 1.29 is 18.3 Å². The van der Waals surface area contributed by atoms with Gasteiger partial charge in [0.25, 0.3) is 6.43 Å². The van der Waals surface area contributed by atoms with E-state index < -0.39 is 6.43 Å². The number of nitrogens with one attached hydrogen (secondary N) is 1. The molecule has 15 heteroatoms. The van der Waals surface area contributed by atoms with Crippen molar-refractivity contribution in [3.8, 4) is 5.75 Å². The lowest BCUT2D eigenvalue weighted by Gasteiger charge is -2.16. The van der Waals surface area contributed by atoms with Gasteiger partial charge in [0.05, 0.1) is 36.5 Å². The largest absolute Gasteiger partial charge is 0.494 e. The van der Waals surface area contributed by atoms with Crippen LogP contribution in [0.1, 0.15) is 31.7 Å². The van der Waals surface area contributed by atoms with E-state index >= 15 is 0 Å². The number of hydrazone groups is 1. The van der Waals surface area contributed by atoms with Crippen LogP contribution in [0, 0.1) is 0 Å². The second-order valence-corrected chi connectivity index (χ2v) is 9.66. The Bertz CT molecular complexity index is 1180. The predicted molar refractivity (Wildman–Crippen MR) is 146 cm³/mol. The molecule has 0 aliphatic heterocycles. The Balaban J connectivity index is 0.000000784. The molecule has 2 heterocycles. The van der Waals surface area contributed by atoms with Crippen molar-refractivity contribution in [2.24, 2.45) is 16.7 Å². The third-order valence-corrected chi connectivity index (χ3v) is 6.64. The van der Waals surface area contributed by atoms with Gasteiger partial charge in [-0.2, -0.15) is 0 Å². The molecule has 192 valence electrons. The minimum atomic E-state index is -2.75. The van der Waals surface area contributed by atoms with Gasteiger partial charge < -0.3 is 20.5 Å². The number of benzene rings is 1. The van der Waals surface area contributed by atoms with Gasteiger partial charge in [0.1, 0.15) is 10.7 Å². The summed E-state index contributed by atoms with van der Waals surface area (Å²) in [4.78, 5) is 8.27. The first-order chi connectivity index (χ1) is 16.5. The van der Waals surface area contributed by atoms with E-state index in [1.165, 1.54) is 24.6 Å². The van der Waals surface area contributed by atoms with Crippen LogP contribution in [0.3, 0.4) is 0 Å². The molecule has 3 aromatic rings. The number of hydrogen-bond acceptors (Lipinski definition) is 8. The maximum absolute atomic E-state index is 13.5. The minimum absolute atomic E-state index is 0.0280. The molecule has 0 spiro atoms. The Hall–Kier alpha value is -2.06. The molecule has 1 aromatic carbocycles. The maximum atomic E-state index is 13.5. The molecule has 1 unspecified atom stereocenters. The van der Waals surface area contributed by atoms with Crippen LogP contribution in [0.2, 0.25) is 5.15 Å². The summed E-state index contributed by atoms with van der Waals surface area (Å²) in [6, 6.07) is 6.67. The van der Waals surface area contributed by atoms with Crippen LogP contribution in [0.15, 0.2) is 29.4 Å². The third-order valence-electron chi connectivity index (χ3n) is 4.39. The zero-order valence-electron chi connectivity index (χ0n) is 19.7. The molecule has 0 saturated carbocycles. The number of amidine groups is 1. The number of alkyl halides is 2. The van der Waals surface area contributed by atoms with Gasteiger partial charge in [-0.3, -0.25) is 4.34 Å². The Labute approximate surface area is 221 Å². The lowest BCUT2D eigenvalue weighted by molar-refractivity contribution is 0.134. The molecule has 0 aliphatic carbocycles. The summed E-state index contributed by atoms with van der Waals surface area (Å²) in [5.74, 6) is 5.67. The Kier molecular flexibility index (Phi) is 11.1. The van der Waals surface area contributed by atoms with Crippen molar-refractivity contribution in [1.29, 1.82) is 0 Å². The van der Waals surface area contributed by atoms with E-state index in [1.807, 2.05) is 35.9 Å². The third kappa shape index (κ3) is 7.46. The number of imidazole rings is 1. The molecule has 0 amide bonds. The van der Waals surface area contributed by atoms with Gasteiger partial charge in [-0.05, 0) is 48.0 Å². The molecule has 0 saturated heterocycles. The smallest absolute Gasteiger partial charge is 0.295 e. The molecule has 0 fully saturated rings. The average Bonchev–Trinajstić information content (AvgIpc) is 3.17. The Morgan fingerprint density at radius 3 is 2.46 bits per heavy atom. The number of hydrogen-bond donors (Lipinski definition) is 3. The molecule has 0 aliphatic rings. The second-order valence-electron chi connectivity index (χ2n) is 7.21. The number of nitrogens with zero attached hydrogens (tertiary/aromatic N) is 5. The van der Waals surface area contributed by atoms with Crippen molar-refractivity contribution in [3.63, 3.8) is 0 Å². The highest BCUT2D eigenvalue weighted by Gasteiger charge is 2.23. The molecule has 1 atom stereocenters. The highest BCUT2D eigenvalue weighted by Crippen LogP contribution is 2.39. The standard InChI is InChI=1S/C16H17ClF2IN8OP.C4H10O/c1-27(22)26-14(21)7-4-3-5-8(12(7)29-2)23-9-6-10(17)24-15-11(9)25-16(13(18)19)28(15)30-20;1-4(2)5-3/h3-6,13,30H,22H2,1-2H3,(H2,21,26)(H,23,24);4H,1-3H3. The number of anilines is 2. The fraction of sp³-hybridized carbons (Fsp3) is 0.350. The van der Waals surface area contributed by atoms with Gasteiger partial charge >= 0.3 is 0 Å². The Morgan fingerprint density at radius 2 is 1.94 bits per heavy atom. The van der Waals surface area contributed by atoms with Crippen LogP contribution >= 0.6 is 40.0 Å². The number of methoxy groups -OCH3 is 2. The molecule has 10 nitrogen and oxygen atoms in total. The van der Waals surface area contributed by atoms with E-state index in [9.17, 15) is 8.78 Å². The predicted octanol–water partition coefficient (Wildman–Crippen LogP) is 5.03. The Morgan fingerprint density at radius 1 is 1.29 bits per heavy atom. The van der Waals surface area contributed by atoms with Gasteiger partial charge in [0.2, 0.25) is 0 Å². The summed E-state index contributed by atoms with van der Waals surface area (Å²) in [6.07, 6.45) is -2.40. The van der Waals surface area contributed by atoms with Crippen molar-refractivity contribution in [3.05, 3.63) is 40.8 Å². The van der Waals surface area contributed by atoms with E-state index in [0.29, 0.717) is 28.8 Å². The molecule has 0 radical (unpaired) electrons. The lowest BCUT2D eigenvalue weighted by atomic mass is 10.1. The summed E-state index contributed by atoms with van der Waals surface area (Å²) >= 11 is 8.14. The van der Waals surface area contributed by atoms with E-state index in [4.69, 9.17) is 32.7 Å². The fourth-order valence-electron chi connectivity index (χ4n) is 2.78. The summed E-state index contributed by atoms with van der Waals surface area (Å²) < 4.78 is 38.5. The fourth-order valence-corrected chi connectivity index (χ4v) is 4.87. The van der Waals surface area contributed by atoms with Crippen molar-refractivity contribution in [2.45, 2.75) is 26.4 Å². The van der Waals surface area contributed by atoms with E-state index in [1.54, 1.807) is 25.3 Å². The van der Waals surface area contributed by atoms with Gasteiger partial charge in [-0.1, -0.05) is 17.7 Å². The van der Waals surface area contributed by atoms with Crippen LogP contribution < -0.4 is 21.6 Å². The summed E-state index contributed by atoms with van der Waals surface area (Å²) in [7, 11) is 4.70. The number of rotatable bonds is 8. The lowest BCUT2D eigenvalue weighted by Crippen LogP contribution is -2.26.